The van der Waals surface area contributed by atoms with E-state index in [0.717, 1.165) is 39.6 Å². The van der Waals surface area contributed by atoms with E-state index in [0.29, 0.717) is 21.5 Å². The Bertz CT molecular complexity index is 2770. The fourth-order valence-corrected chi connectivity index (χ4v) is 9.72. The summed E-state index contributed by atoms with van der Waals surface area (Å²) in [6.45, 7) is 13.8. The van der Waals surface area contributed by atoms with Crippen LogP contribution in [0.25, 0.3) is 43.6 Å². The highest BCUT2D eigenvalue weighted by molar-refractivity contribution is 5.96. The summed E-state index contributed by atoms with van der Waals surface area (Å²) < 4.78 is 4.27. The zero-order chi connectivity index (χ0) is 37.9. The summed E-state index contributed by atoms with van der Waals surface area (Å²) >= 11 is 0. The molecule has 0 amide bonds. The summed E-state index contributed by atoms with van der Waals surface area (Å²) in [5, 5.41) is 2.84. The third-order valence-corrected chi connectivity index (χ3v) is 13.2. The Kier molecular flexibility index (Phi) is 7.47. The van der Waals surface area contributed by atoms with Crippen LogP contribution in [-0.2, 0) is 24.9 Å². The van der Waals surface area contributed by atoms with Gasteiger partial charge in [-0.3, -0.25) is 9.59 Å². The maximum absolute atomic E-state index is 14.4. The van der Waals surface area contributed by atoms with E-state index in [9.17, 15) is 9.59 Å². The molecule has 2 aliphatic rings. The average Bonchev–Trinajstić information content (AvgIpc) is 3.48. The molecule has 0 bridgehead atoms. The first-order valence-electron chi connectivity index (χ1n) is 19.4. The number of nitrogens with zero attached hydrogens (tertiary/aromatic N) is 2. The smallest absolute Gasteiger partial charge is 0.197 e. The van der Waals surface area contributed by atoms with E-state index in [2.05, 4.69) is 124 Å². The molecule has 54 heavy (non-hydrogen) atoms. The number of allylic oxidation sites excluding steroid dienone is 4. The van der Waals surface area contributed by atoms with Gasteiger partial charge in [0.15, 0.2) is 10.9 Å². The van der Waals surface area contributed by atoms with Crippen molar-refractivity contribution in [1.82, 2.24) is 9.13 Å². The van der Waals surface area contributed by atoms with Gasteiger partial charge in [-0.15, -0.1) is 0 Å². The van der Waals surface area contributed by atoms with Gasteiger partial charge in [0.05, 0.1) is 27.5 Å². The second-order valence-corrected chi connectivity index (χ2v) is 17.4. The third-order valence-electron chi connectivity index (χ3n) is 13.2. The number of benzene rings is 5. The van der Waals surface area contributed by atoms with E-state index >= 15 is 0 Å². The number of pyridine rings is 2. The topological polar surface area (TPSA) is 44.0 Å². The monoisotopic (exact) mass is 708 g/mol. The summed E-state index contributed by atoms with van der Waals surface area (Å²) in [6, 6.07) is 36.0. The van der Waals surface area contributed by atoms with Crippen LogP contribution in [0.3, 0.4) is 0 Å². The van der Waals surface area contributed by atoms with Crippen molar-refractivity contribution >= 4 is 43.6 Å². The molecular weight excluding hydrogens is 661 g/mol. The van der Waals surface area contributed by atoms with E-state index in [1.165, 1.54) is 22.3 Å². The molecule has 0 aliphatic heterocycles. The maximum Gasteiger partial charge on any atom is 0.197 e. The lowest BCUT2D eigenvalue weighted by Crippen LogP contribution is -2.36. The molecule has 2 heterocycles. The molecule has 0 radical (unpaired) electrons. The van der Waals surface area contributed by atoms with Gasteiger partial charge in [0.25, 0.3) is 0 Å². The lowest BCUT2D eigenvalue weighted by atomic mass is 9.62. The van der Waals surface area contributed by atoms with Gasteiger partial charge in [-0.25, -0.2) is 0 Å². The molecule has 270 valence electrons. The minimum atomic E-state index is -0.693. The fourth-order valence-electron chi connectivity index (χ4n) is 9.72. The van der Waals surface area contributed by atoms with Crippen LogP contribution in [0, 0.1) is 11.3 Å². The Morgan fingerprint density at radius 1 is 0.630 bits per heavy atom. The van der Waals surface area contributed by atoms with E-state index in [1.807, 2.05) is 62.6 Å². The number of hydrogen-bond donors (Lipinski definition) is 0. The van der Waals surface area contributed by atoms with Crippen molar-refractivity contribution in [3.63, 3.8) is 0 Å². The van der Waals surface area contributed by atoms with Crippen molar-refractivity contribution in [3.05, 3.63) is 175 Å². The molecule has 2 atom stereocenters. The first-order chi connectivity index (χ1) is 25.8. The fraction of sp³-hybridized carbons (Fsp3) is 0.280. The lowest BCUT2D eigenvalue weighted by molar-refractivity contribution is 0.413. The van der Waals surface area contributed by atoms with Crippen molar-refractivity contribution in [2.75, 3.05) is 0 Å². The van der Waals surface area contributed by atoms with Gasteiger partial charge in [-0.1, -0.05) is 114 Å². The minimum Gasteiger partial charge on any atom is -0.343 e. The molecule has 2 aliphatic carbocycles. The molecule has 0 saturated heterocycles. The van der Waals surface area contributed by atoms with Crippen LogP contribution in [0.4, 0.5) is 0 Å². The Morgan fingerprint density at radius 3 is 1.67 bits per heavy atom. The number of aryl methyl sites for hydroxylation is 2. The Labute approximate surface area is 317 Å². The highest BCUT2D eigenvalue weighted by atomic mass is 16.1. The number of para-hydroxylation sites is 2. The van der Waals surface area contributed by atoms with Gasteiger partial charge in [-0.05, 0) is 99.2 Å². The second-order valence-electron chi connectivity index (χ2n) is 17.4. The van der Waals surface area contributed by atoms with Crippen LogP contribution in [0.1, 0.15) is 81.7 Å². The first kappa shape index (κ1) is 34.3. The molecule has 0 spiro atoms. The number of fused-ring (bicyclic) bond motifs is 7. The van der Waals surface area contributed by atoms with Crippen LogP contribution < -0.4 is 10.9 Å². The molecule has 2 unspecified atom stereocenters. The van der Waals surface area contributed by atoms with Crippen molar-refractivity contribution in [3.8, 4) is 0 Å². The minimum absolute atomic E-state index is 0.00245. The van der Waals surface area contributed by atoms with Gasteiger partial charge in [0, 0.05) is 47.5 Å². The van der Waals surface area contributed by atoms with Gasteiger partial charge in [0.1, 0.15) is 0 Å². The molecule has 2 aromatic heterocycles. The van der Waals surface area contributed by atoms with Crippen molar-refractivity contribution in [1.29, 1.82) is 0 Å². The molecule has 7 aromatic rings. The Balaban J connectivity index is 1.43. The first-order valence-corrected chi connectivity index (χ1v) is 19.4. The zero-order valence-electron chi connectivity index (χ0n) is 32.6. The summed E-state index contributed by atoms with van der Waals surface area (Å²) in [6.07, 6.45) is 8.36. The highest BCUT2D eigenvalue weighted by Crippen LogP contribution is 2.61. The predicted molar refractivity (Wildman–Crippen MR) is 226 cm³/mol. The normalized spacial score (nSPS) is 18.0. The van der Waals surface area contributed by atoms with Crippen LogP contribution in [-0.4, -0.2) is 9.13 Å². The maximum atomic E-state index is 14.4. The van der Waals surface area contributed by atoms with Crippen molar-refractivity contribution in [2.24, 2.45) is 25.4 Å². The van der Waals surface area contributed by atoms with Gasteiger partial charge in [0.2, 0.25) is 0 Å². The largest absolute Gasteiger partial charge is 0.343 e. The molecule has 0 saturated carbocycles. The summed E-state index contributed by atoms with van der Waals surface area (Å²) in [5.41, 5.74) is 10.3. The molecule has 0 N–H and O–H groups in total. The van der Waals surface area contributed by atoms with Gasteiger partial charge < -0.3 is 9.13 Å². The Hall–Kier alpha value is -5.48. The van der Waals surface area contributed by atoms with Crippen LogP contribution in [0.5, 0.6) is 0 Å². The number of hydrogen-bond acceptors (Lipinski definition) is 2. The number of rotatable bonds is 4. The number of aromatic nitrogens is 2. The SMILES string of the molecule is CCC(C)(C)C1=CC2c3cc(C(C)(C)C)ccc3C(c3ccc4c(c3)c(=O)c3ccccc3n4C)(c3ccc4c(c3)c(=O)c3ccccc3n4C)C2C=C1. The van der Waals surface area contributed by atoms with Crippen LogP contribution in [0.2, 0.25) is 0 Å². The molecule has 4 heteroatoms. The van der Waals surface area contributed by atoms with Gasteiger partial charge in [-0.2, -0.15) is 0 Å². The molecule has 4 nitrogen and oxygen atoms in total. The van der Waals surface area contributed by atoms with E-state index in [1.54, 1.807) is 0 Å². The second kappa shape index (κ2) is 11.8. The average molecular weight is 709 g/mol. The molecule has 9 rings (SSSR count). The van der Waals surface area contributed by atoms with Crippen molar-refractivity contribution in [2.45, 2.75) is 64.7 Å². The zero-order valence-corrected chi connectivity index (χ0v) is 32.6. The van der Waals surface area contributed by atoms with E-state index in [4.69, 9.17) is 0 Å². The molecule has 0 fully saturated rings. The quantitative estimate of drug-likeness (QED) is 0.171. The van der Waals surface area contributed by atoms with Crippen LogP contribution in [0.15, 0.2) is 137 Å². The standard InChI is InChI=1S/C50H48N2O2/c1-9-49(5,6)31-19-23-41-37(27-31)36-26-30(48(2,3)4)18-22-40(36)50(41,32-20-24-44-38(28-32)46(53)34-14-10-12-16-42(34)51(44)7)33-21-25-45-39(29-33)47(54)35-15-11-13-17-43(35)52(45)8/h10-29,37,41H,9H2,1-8H3. The Morgan fingerprint density at radius 2 is 1.15 bits per heavy atom. The summed E-state index contributed by atoms with van der Waals surface area (Å²) in [4.78, 5) is 28.8. The van der Waals surface area contributed by atoms with Gasteiger partial charge >= 0.3 is 0 Å². The van der Waals surface area contributed by atoms with Crippen LogP contribution >= 0.6 is 0 Å². The lowest BCUT2D eigenvalue weighted by Gasteiger charge is -2.40. The summed E-state index contributed by atoms with van der Waals surface area (Å²) in [5.74, 6) is 0.0982. The highest BCUT2D eigenvalue weighted by Gasteiger charge is 2.54. The van der Waals surface area contributed by atoms with E-state index in [-0.39, 0.29) is 33.5 Å². The molecule has 5 aromatic carbocycles. The third kappa shape index (κ3) is 4.68. The van der Waals surface area contributed by atoms with Crippen molar-refractivity contribution < 1.29 is 0 Å². The van der Waals surface area contributed by atoms with E-state index < -0.39 is 5.41 Å². The molecular formula is C50H48N2O2. The summed E-state index contributed by atoms with van der Waals surface area (Å²) in [7, 11) is 4.09. The predicted octanol–water partition coefficient (Wildman–Crippen LogP) is 11.0.